The van der Waals surface area contributed by atoms with Gasteiger partial charge in [-0.2, -0.15) is 0 Å². The fourth-order valence-corrected chi connectivity index (χ4v) is 2.89. The molecule has 0 aliphatic heterocycles. The summed E-state index contributed by atoms with van der Waals surface area (Å²) in [6, 6.07) is 4.68. The molecule has 1 atom stereocenters. The second-order valence-corrected chi connectivity index (χ2v) is 5.68. The Labute approximate surface area is 110 Å². The molecular weight excluding hydrogens is 250 g/mol. The number of thioether (sulfide) groups is 1. The van der Waals surface area contributed by atoms with Gasteiger partial charge >= 0.3 is 0 Å². The van der Waals surface area contributed by atoms with Crippen LogP contribution in [0.2, 0.25) is 0 Å². The van der Waals surface area contributed by atoms with Crippen LogP contribution in [0.5, 0.6) is 0 Å². The molecule has 1 N–H and O–H groups in total. The van der Waals surface area contributed by atoms with E-state index in [9.17, 15) is 0 Å². The molecule has 2 rings (SSSR count). The Morgan fingerprint density at radius 2 is 2.41 bits per heavy atom. The van der Waals surface area contributed by atoms with Crippen molar-refractivity contribution in [3.8, 4) is 0 Å². The van der Waals surface area contributed by atoms with E-state index in [1.807, 2.05) is 0 Å². The Kier molecular flexibility index (Phi) is 4.97. The van der Waals surface area contributed by atoms with Crippen LogP contribution in [-0.2, 0) is 0 Å². The van der Waals surface area contributed by atoms with Crippen molar-refractivity contribution in [3.05, 3.63) is 41.0 Å². The van der Waals surface area contributed by atoms with Crippen LogP contribution in [0.15, 0.2) is 41.1 Å². The minimum Gasteiger partial charge on any atom is -0.309 e. The van der Waals surface area contributed by atoms with E-state index in [-0.39, 0.29) is 0 Å². The molecule has 0 aliphatic carbocycles. The molecule has 3 nitrogen and oxygen atoms in total. The van der Waals surface area contributed by atoms with Crippen molar-refractivity contribution >= 4 is 23.1 Å². The smallest absolute Gasteiger partial charge is 0.114 e. The fourth-order valence-electron chi connectivity index (χ4n) is 1.43. The lowest BCUT2D eigenvalue weighted by atomic mass is 10.3. The molecule has 0 spiro atoms. The topological polar surface area (TPSA) is 37.8 Å². The molecule has 90 valence electrons. The highest BCUT2D eigenvalue weighted by atomic mass is 32.2. The first kappa shape index (κ1) is 12.5. The van der Waals surface area contributed by atoms with Gasteiger partial charge in [-0.1, -0.05) is 6.07 Å². The van der Waals surface area contributed by atoms with Crippen LogP contribution in [0.4, 0.5) is 0 Å². The molecule has 17 heavy (non-hydrogen) atoms. The third-order valence-corrected chi connectivity index (χ3v) is 4.28. The van der Waals surface area contributed by atoms with Gasteiger partial charge in [0.15, 0.2) is 0 Å². The van der Waals surface area contributed by atoms with Crippen molar-refractivity contribution in [2.75, 3.05) is 12.3 Å². The van der Waals surface area contributed by atoms with Crippen molar-refractivity contribution in [2.24, 2.45) is 0 Å². The van der Waals surface area contributed by atoms with Crippen molar-refractivity contribution in [2.45, 2.75) is 18.0 Å². The Morgan fingerprint density at radius 3 is 3.12 bits per heavy atom. The monoisotopic (exact) mass is 265 g/mol. The number of aromatic nitrogens is 2. The summed E-state index contributed by atoms with van der Waals surface area (Å²) < 4.78 is 0. The van der Waals surface area contributed by atoms with Crippen molar-refractivity contribution in [3.63, 3.8) is 0 Å². The molecule has 2 aromatic rings. The molecule has 2 aromatic heterocycles. The number of thiophene rings is 1. The fraction of sp³-hybridized carbons (Fsp3) is 0.333. The van der Waals surface area contributed by atoms with Crippen LogP contribution in [0.1, 0.15) is 17.8 Å². The normalized spacial score (nSPS) is 12.5. The van der Waals surface area contributed by atoms with E-state index in [0.717, 1.165) is 17.3 Å². The van der Waals surface area contributed by atoms with Crippen LogP contribution in [0, 0.1) is 0 Å². The maximum absolute atomic E-state index is 4.22. The third-order valence-electron chi connectivity index (χ3n) is 2.31. The highest BCUT2D eigenvalue weighted by Gasteiger charge is 2.04. The molecule has 0 aliphatic rings. The first-order valence-electron chi connectivity index (χ1n) is 5.52. The first-order valence-corrected chi connectivity index (χ1v) is 7.38. The summed E-state index contributed by atoms with van der Waals surface area (Å²) in [5.41, 5.74) is 0. The maximum Gasteiger partial charge on any atom is 0.114 e. The van der Waals surface area contributed by atoms with Gasteiger partial charge in [-0.05, 0) is 18.4 Å². The van der Waals surface area contributed by atoms with Crippen LogP contribution in [0.25, 0.3) is 0 Å². The number of hydrogen-bond donors (Lipinski definition) is 1. The molecule has 2 heterocycles. The van der Waals surface area contributed by atoms with E-state index in [2.05, 4.69) is 39.7 Å². The van der Waals surface area contributed by atoms with Crippen LogP contribution < -0.4 is 5.32 Å². The highest BCUT2D eigenvalue weighted by Crippen LogP contribution is 2.18. The lowest BCUT2D eigenvalue weighted by Gasteiger charge is -2.11. The Hall–Kier alpha value is -0.910. The molecule has 0 radical (unpaired) electrons. The third kappa shape index (κ3) is 4.11. The van der Waals surface area contributed by atoms with Crippen molar-refractivity contribution in [1.29, 1.82) is 0 Å². The zero-order valence-electron chi connectivity index (χ0n) is 9.67. The SMILES string of the molecule is CC(NCCSc1cnccn1)c1cccs1. The van der Waals surface area contributed by atoms with Crippen LogP contribution in [0.3, 0.4) is 0 Å². The summed E-state index contributed by atoms with van der Waals surface area (Å²) in [6.45, 7) is 3.17. The molecule has 0 saturated carbocycles. The summed E-state index contributed by atoms with van der Waals surface area (Å²) in [5, 5.41) is 6.59. The average Bonchev–Trinajstić information content (AvgIpc) is 2.89. The summed E-state index contributed by atoms with van der Waals surface area (Å²) in [5.74, 6) is 1.01. The van der Waals surface area contributed by atoms with Crippen molar-refractivity contribution in [1.82, 2.24) is 15.3 Å². The van der Waals surface area contributed by atoms with Gasteiger partial charge in [0.05, 0.1) is 6.20 Å². The van der Waals surface area contributed by atoms with Gasteiger partial charge in [0.25, 0.3) is 0 Å². The zero-order chi connectivity index (χ0) is 11.9. The summed E-state index contributed by atoms with van der Waals surface area (Å²) in [6.07, 6.45) is 5.22. The van der Waals surface area contributed by atoms with Gasteiger partial charge in [-0.25, -0.2) is 4.98 Å². The summed E-state index contributed by atoms with van der Waals surface area (Å²) in [4.78, 5) is 9.64. The summed E-state index contributed by atoms with van der Waals surface area (Å²) in [7, 11) is 0. The van der Waals surface area contributed by atoms with E-state index < -0.39 is 0 Å². The zero-order valence-corrected chi connectivity index (χ0v) is 11.3. The quantitative estimate of drug-likeness (QED) is 0.643. The molecule has 0 saturated heterocycles. The Bertz CT molecular complexity index is 417. The van der Waals surface area contributed by atoms with Crippen molar-refractivity contribution < 1.29 is 0 Å². The predicted molar refractivity (Wildman–Crippen MR) is 73.5 cm³/mol. The maximum atomic E-state index is 4.22. The lowest BCUT2D eigenvalue weighted by molar-refractivity contribution is 0.610. The standard InChI is InChI=1S/C12H15N3S2/c1-10(11-3-2-7-16-11)14-6-8-17-12-9-13-4-5-15-12/h2-5,7,9-10,14H,6,8H2,1H3. The van der Waals surface area contributed by atoms with Gasteiger partial charge in [0.2, 0.25) is 0 Å². The molecule has 0 bridgehead atoms. The minimum atomic E-state index is 0.428. The number of rotatable bonds is 6. The molecule has 0 fully saturated rings. The minimum absolute atomic E-state index is 0.428. The number of nitrogens with zero attached hydrogens (tertiary/aromatic N) is 2. The van der Waals surface area contributed by atoms with Crippen LogP contribution >= 0.6 is 23.1 Å². The molecular formula is C12H15N3S2. The average molecular weight is 265 g/mol. The number of hydrogen-bond acceptors (Lipinski definition) is 5. The summed E-state index contributed by atoms with van der Waals surface area (Å²) >= 11 is 3.52. The van der Waals surface area contributed by atoms with Gasteiger partial charge < -0.3 is 5.32 Å². The molecule has 5 heteroatoms. The van der Waals surface area contributed by atoms with E-state index in [0.29, 0.717) is 6.04 Å². The van der Waals surface area contributed by atoms with E-state index in [1.54, 1.807) is 41.7 Å². The Morgan fingerprint density at radius 1 is 1.47 bits per heavy atom. The number of nitrogens with one attached hydrogen (secondary N) is 1. The van der Waals surface area contributed by atoms with Gasteiger partial charge in [-0.15, -0.1) is 23.1 Å². The first-order chi connectivity index (χ1) is 8.36. The van der Waals surface area contributed by atoms with Gasteiger partial charge in [0.1, 0.15) is 5.03 Å². The largest absolute Gasteiger partial charge is 0.309 e. The lowest BCUT2D eigenvalue weighted by Crippen LogP contribution is -2.20. The van der Waals surface area contributed by atoms with E-state index in [4.69, 9.17) is 0 Å². The van der Waals surface area contributed by atoms with Gasteiger partial charge in [0, 0.05) is 35.6 Å². The second kappa shape index (κ2) is 6.74. The second-order valence-electron chi connectivity index (χ2n) is 3.58. The van der Waals surface area contributed by atoms with Crippen LogP contribution in [-0.4, -0.2) is 22.3 Å². The Balaban J connectivity index is 1.67. The van der Waals surface area contributed by atoms with Gasteiger partial charge in [-0.3, -0.25) is 4.98 Å². The molecule has 1 unspecified atom stereocenters. The molecule has 0 amide bonds. The van der Waals surface area contributed by atoms with E-state index >= 15 is 0 Å². The molecule has 0 aromatic carbocycles. The predicted octanol–water partition coefficient (Wildman–Crippen LogP) is 2.98. The highest BCUT2D eigenvalue weighted by molar-refractivity contribution is 7.99. The van der Waals surface area contributed by atoms with E-state index in [1.165, 1.54) is 4.88 Å².